The van der Waals surface area contributed by atoms with Crippen molar-refractivity contribution >= 4 is 29.0 Å². The van der Waals surface area contributed by atoms with Crippen LogP contribution in [0.15, 0.2) is 36.4 Å². The summed E-state index contributed by atoms with van der Waals surface area (Å²) >= 11 is 12.0. The molecule has 0 aromatic heterocycles. The van der Waals surface area contributed by atoms with Crippen LogP contribution in [0.1, 0.15) is 22.8 Å². The van der Waals surface area contributed by atoms with Crippen LogP contribution in [-0.4, -0.2) is 5.78 Å². The zero-order valence-electron chi connectivity index (χ0n) is 10.5. The molecule has 0 aliphatic heterocycles. The van der Waals surface area contributed by atoms with Gasteiger partial charge in [-0.05, 0) is 49.7 Å². The maximum Gasteiger partial charge on any atom is 0.159 e. The summed E-state index contributed by atoms with van der Waals surface area (Å²) in [5.41, 5.74) is 1.51. The summed E-state index contributed by atoms with van der Waals surface area (Å²) in [6.07, 6.45) is 0. The molecule has 0 spiro atoms. The highest BCUT2D eigenvalue weighted by Crippen LogP contribution is 2.33. The minimum absolute atomic E-state index is 0.0348. The molecule has 2 aromatic rings. The van der Waals surface area contributed by atoms with Gasteiger partial charge in [-0.1, -0.05) is 29.3 Å². The number of ether oxygens (including phenoxy) is 1. The third-order valence-electron chi connectivity index (χ3n) is 2.71. The number of ketones is 1. The first kappa shape index (κ1) is 13.9. The van der Waals surface area contributed by atoms with E-state index in [4.69, 9.17) is 27.9 Å². The summed E-state index contributed by atoms with van der Waals surface area (Å²) < 4.78 is 5.73. The third kappa shape index (κ3) is 3.28. The summed E-state index contributed by atoms with van der Waals surface area (Å²) in [7, 11) is 0. The molecule has 2 nitrogen and oxygen atoms in total. The Morgan fingerprint density at radius 3 is 2.42 bits per heavy atom. The molecular weight excluding hydrogens is 283 g/mol. The van der Waals surface area contributed by atoms with Crippen molar-refractivity contribution in [1.29, 1.82) is 0 Å². The molecule has 0 saturated carbocycles. The largest absolute Gasteiger partial charge is 0.455 e. The van der Waals surface area contributed by atoms with Gasteiger partial charge >= 0.3 is 0 Å². The molecular formula is C15H12Cl2O2. The highest BCUT2D eigenvalue weighted by Gasteiger charge is 2.08. The van der Waals surface area contributed by atoms with Crippen LogP contribution in [0.5, 0.6) is 11.5 Å². The van der Waals surface area contributed by atoms with E-state index in [0.29, 0.717) is 27.1 Å². The van der Waals surface area contributed by atoms with Gasteiger partial charge < -0.3 is 4.74 Å². The molecule has 0 bridgehead atoms. The highest BCUT2D eigenvalue weighted by molar-refractivity contribution is 6.32. The van der Waals surface area contributed by atoms with Crippen LogP contribution in [0.4, 0.5) is 0 Å². The Labute approximate surface area is 121 Å². The topological polar surface area (TPSA) is 26.3 Å². The summed E-state index contributed by atoms with van der Waals surface area (Å²) in [5, 5.41) is 0.990. The first-order valence-corrected chi connectivity index (χ1v) is 6.47. The second-order valence-corrected chi connectivity index (χ2v) is 5.06. The van der Waals surface area contributed by atoms with Gasteiger partial charge in [-0.15, -0.1) is 0 Å². The lowest BCUT2D eigenvalue weighted by Crippen LogP contribution is -1.93. The molecule has 2 rings (SSSR count). The Balaban J connectivity index is 2.33. The van der Waals surface area contributed by atoms with Gasteiger partial charge in [0, 0.05) is 10.6 Å². The molecule has 4 heteroatoms. The van der Waals surface area contributed by atoms with Crippen LogP contribution in [0, 0.1) is 6.92 Å². The Morgan fingerprint density at radius 2 is 1.79 bits per heavy atom. The van der Waals surface area contributed by atoms with Crippen molar-refractivity contribution in [1.82, 2.24) is 0 Å². The Kier molecular flexibility index (Phi) is 4.13. The Bertz CT molecular complexity index is 636. The lowest BCUT2D eigenvalue weighted by atomic mass is 10.1. The minimum atomic E-state index is -0.0348. The predicted octanol–water partition coefficient (Wildman–Crippen LogP) is 5.30. The van der Waals surface area contributed by atoms with Gasteiger partial charge in [0.25, 0.3) is 0 Å². The molecule has 19 heavy (non-hydrogen) atoms. The van der Waals surface area contributed by atoms with Crippen LogP contribution in [0.3, 0.4) is 0 Å². The summed E-state index contributed by atoms with van der Waals surface area (Å²) in [6, 6.07) is 10.4. The van der Waals surface area contributed by atoms with E-state index in [9.17, 15) is 4.79 Å². The monoisotopic (exact) mass is 294 g/mol. The van der Waals surface area contributed by atoms with Crippen molar-refractivity contribution < 1.29 is 9.53 Å². The maximum absolute atomic E-state index is 11.2. The predicted molar refractivity (Wildman–Crippen MR) is 77.7 cm³/mol. The van der Waals surface area contributed by atoms with Gasteiger partial charge in [0.05, 0.1) is 5.02 Å². The van der Waals surface area contributed by atoms with E-state index < -0.39 is 0 Å². The Hall–Kier alpha value is -1.51. The van der Waals surface area contributed by atoms with Crippen LogP contribution in [0.25, 0.3) is 0 Å². The number of hydrogen-bond donors (Lipinski definition) is 0. The van der Waals surface area contributed by atoms with E-state index in [1.165, 1.54) is 6.92 Å². The molecule has 0 N–H and O–H groups in total. The van der Waals surface area contributed by atoms with Gasteiger partial charge in [0.15, 0.2) is 5.78 Å². The van der Waals surface area contributed by atoms with Crippen molar-refractivity contribution in [2.24, 2.45) is 0 Å². The number of Topliss-reactive ketones (excluding diaryl/α,β-unsaturated/α-hetero) is 1. The smallest absolute Gasteiger partial charge is 0.159 e. The molecule has 0 unspecified atom stereocenters. The van der Waals surface area contributed by atoms with Gasteiger partial charge in [-0.2, -0.15) is 0 Å². The molecule has 0 fully saturated rings. The summed E-state index contributed by atoms with van der Waals surface area (Å²) in [5.74, 6) is 1.11. The highest BCUT2D eigenvalue weighted by atomic mass is 35.5. The summed E-state index contributed by atoms with van der Waals surface area (Å²) in [6.45, 7) is 3.41. The molecule has 0 heterocycles. The van der Waals surface area contributed by atoms with Crippen molar-refractivity contribution in [3.05, 3.63) is 57.6 Å². The van der Waals surface area contributed by atoms with E-state index in [0.717, 1.165) is 5.56 Å². The van der Waals surface area contributed by atoms with Gasteiger partial charge in [-0.25, -0.2) is 0 Å². The van der Waals surface area contributed by atoms with Crippen molar-refractivity contribution in [3.63, 3.8) is 0 Å². The first-order valence-electron chi connectivity index (χ1n) is 5.72. The minimum Gasteiger partial charge on any atom is -0.455 e. The fourth-order valence-electron chi connectivity index (χ4n) is 1.60. The van der Waals surface area contributed by atoms with Crippen LogP contribution < -0.4 is 4.74 Å². The number of carbonyl (C=O) groups is 1. The normalized spacial score (nSPS) is 10.3. The summed E-state index contributed by atoms with van der Waals surface area (Å²) in [4.78, 5) is 11.2. The fourth-order valence-corrected chi connectivity index (χ4v) is 1.99. The number of hydrogen-bond acceptors (Lipinski definition) is 2. The van der Waals surface area contributed by atoms with Gasteiger partial charge in [0.2, 0.25) is 0 Å². The lowest BCUT2D eigenvalue weighted by molar-refractivity contribution is 0.101. The number of aryl methyl sites for hydroxylation is 1. The first-order chi connectivity index (χ1) is 8.97. The SMILES string of the molecule is CC(=O)c1ccc(Oc2cc(Cl)ccc2C)c(Cl)c1. The van der Waals surface area contributed by atoms with E-state index >= 15 is 0 Å². The second kappa shape index (κ2) is 5.64. The van der Waals surface area contributed by atoms with Gasteiger partial charge in [-0.3, -0.25) is 4.79 Å². The van der Waals surface area contributed by atoms with Crippen molar-refractivity contribution in [3.8, 4) is 11.5 Å². The third-order valence-corrected chi connectivity index (χ3v) is 3.24. The molecule has 0 atom stereocenters. The van der Waals surface area contributed by atoms with Crippen LogP contribution >= 0.6 is 23.2 Å². The second-order valence-electron chi connectivity index (χ2n) is 4.21. The zero-order valence-corrected chi connectivity index (χ0v) is 12.0. The fraction of sp³-hybridized carbons (Fsp3) is 0.133. The van der Waals surface area contributed by atoms with E-state index in [-0.39, 0.29) is 5.78 Å². The van der Waals surface area contributed by atoms with E-state index in [2.05, 4.69) is 0 Å². The average molecular weight is 295 g/mol. The lowest BCUT2D eigenvalue weighted by Gasteiger charge is -2.11. The quantitative estimate of drug-likeness (QED) is 0.718. The Morgan fingerprint density at radius 1 is 1.05 bits per heavy atom. The molecule has 0 aliphatic carbocycles. The number of carbonyl (C=O) groups excluding carboxylic acids is 1. The molecule has 0 aliphatic rings. The average Bonchev–Trinajstić information content (AvgIpc) is 2.36. The molecule has 98 valence electrons. The maximum atomic E-state index is 11.2. The van der Waals surface area contributed by atoms with Gasteiger partial charge in [0.1, 0.15) is 11.5 Å². The number of benzene rings is 2. The number of rotatable bonds is 3. The van der Waals surface area contributed by atoms with E-state index in [1.807, 2.05) is 13.0 Å². The van der Waals surface area contributed by atoms with Crippen molar-refractivity contribution in [2.45, 2.75) is 13.8 Å². The van der Waals surface area contributed by atoms with Crippen molar-refractivity contribution in [2.75, 3.05) is 0 Å². The standard InChI is InChI=1S/C15H12Cl2O2/c1-9-3-5-12(16)8-15(9)19-14-6-4-11(10(2)18)7-13(14)17/h3-8H,1-2H3. The molecule has 2 aromatic carbocycles. The molecule has 0 saturated heterocycles. The molecule has 0 radical (unpaired) electrons. The number of halogens is 2. The van der Waals surface area contributed by atoms with Crippen LogP contribution in [0.2, 0.25) is 10.0 Å². The van der Waals surface area contributed by atoms with E-state index in [1.54, 1.807) is 30.3 Å². The van der Waals surface area contributed by atoms with Crippen LogP contribution in [-0.2, 0) is 0 Å². The molecule has 0 amide bonds. The zero-order chi connectivity index (χ0) is 14.0.